The summed E-state index contributed by atoms with van der Waals surface area (Å²) in [6.45, 7) is 3.52. The molecule has 1 saturated carbocycles. The summed E-state index contributed by atoms with van der Waals surface area (Å²) in [5, 5.41) is 2.79. The molecule has 10 heavy (non-hydrogen) atoms. The highest BCUT2D eigenvalue weighted by Gasteiger charge is 2.51. The minimum absolute atomic E-state index is 0.0192. The van der Waals surface area contributed by atoms with Gasteiger partial charge in [-0.1, -0.05) is 0 Å². The number of ether oxygens (including phenoxy) is 1. The molecule has 1 amide bonds. The second-order valence-corrected chi connectivity index (χ2v) is 2.97. The zero-order valence-corrected chi connectivity index (χ0v) is 6.60. The summed E-state index contributed by atoms with van der Waals surface area (Å²) in [5.74, 6) is 0.0192. The molecule has 0 aliphatic heterocycles. The standard InChI is InChI=1S/C7H13NO2/c1-5(9)8-6-4-7(6,2)10-3/h6H,4H2,1-3H3,(H,8,9)/t6?,7-/m1/s1. The Labute approximate surface area is 60.7 Å². The van der Waals surface area contributed by atoms with Crippen molar-refractivity contribution in [2.24, 2.45) is 0 Å². The summed E-state index contributed by atoms with van der Waals surface area (Å²) in [4.78, 5) is 10.5. The van der Waals surface area contributed by atoms with Gasteiger partial charge in [0.2, 0.25) is 5.91 Å². The normalized spacial score (nSPS) is 37.3. The van der Waals surface area contributed by atoms with E-state index in [4.69, 9.17) is 4.74 Å². The minimum atomic E-state index is -0.0916. The summed E-state index contributed by atoms with van der Waals surface area (Å²) in [5.41, 5.74) is -0.0916. The van der Waals surface area contributed by atoms with Crippen molar-refractivity contribution in [3.05, 3.63) is 0 Å². The molecule has 1 fully saturated rings. The summed E-state index contributed by atoms with van der Waals surface area (Å²) in [6, 6.07) is 0.231. The monoisotopic (exact) mass is 143 g/mol. The van der Waals surface area contributed by atoms with Gasteiger partial charge in [-0.2, -0.15) is 0 Å². The van der Waals surface area contributed by atoms with Gasteiger partial charge in [0, 0.05) is 20.5 Å². The van der Waals surface area contributed by atoms with E-state index in [9.17, 15) is 4.79 Å². The molecular weight excluding hydrogens is 130 g/mol. The number of nitrogens with one attached hydrogen (secondary N) is 1. The van der Waals surface area contributed by atoms with E-state index in [2.05, 4.69) is 5.32 Å². The fourth-order valence-corrected chi connectivity index (χ4v) is 1.02. The summed E-state index contributed by atoms with van der Waals surface area (Å²) >= 11 is 0. The van der Waals surface area contributed by atoms with Gasteiger partial charge in [-0.25, -0.2) is 0 Å². The van der Waals surface area contributed by atoms with Crippen LogP contribution in [-0.4, -0.2) is 24.7 Å². The Hall–Kier alpha value is -0.570. The van der Waals surface area contributed by atoms with Crippen LogP contribution in [0, 0.1) is 0 Å². The summed E-state index contributed by atoms with van der Waals surface area (Å²) in [7, 11) is 1.67. The van der Waals surface area contributed by atoms with Gasteiger partial charge in [0.15, 0.2) is 0 Å². The van der Waals surface area contributed by atoms with Crippen molar-refractivity contribution in [3.63, 3.8) is 0 Å². The summed E-state index contributed by atoms with van der Waals surface area (Å²) in [6.07, 6.45) is 0.934. The predicted molar refractivity (Wildman–Crippen MR) is 37.6 cm³/mol. The third-order valence-electron chi connectivity index (χ3n) is 2.03. The van der Waals surface area contributed by atoms with E-state index in [1.54, 1.807) is 7.11 Å². The van der Waals surface area contributed by atoms with Crippen molar-refractivity contribution in [1.82, 2.24) is 5.32 Å². The molecule has 1 aliphatic carbocycles. The van der Waals surface area contributed by atoms with Gasteiger partial charge in [0.25, 0.3) is 0 Å². The molecule has 0 saturated heterocycles. The number of hydrogen-bond acceptors (Lipinski definition) is 2. The van der Waals surface area contributed by atoms with Crippen LogP contribution in [0.5, 0.6) is 0 Å². The van der Waals surface area contributed by atoms with Crippen LogP contribution in [-0.2, 0) is 9.53 Å². The molecule has 3 nitrogen and oxygen atoms in total. The van der Waals surface area contributed by atoms with Gasteiger partial charge < -0.3 is 10.1 Å². The van der Waals surface area contributed by atoms with Gasteiger partial charge in [-0.3, -0.25) is 4.79 Å². The van der Waals surface area contributed by atoms with E-state index in [0.29, 0.717) is 0 Å². The van der Waals surface area contributed by atoms with E-state index in [0.717, 1.165) is 6.42 Å². The number of carbonyl (C=O) groups is 1. The quantitative estimate of drug-likeness (QED) is 0.603. The first-order valence-electron chi connectivity index (χ1n) is 3.41. The van der Waals surface area contributed by atoms with Crippen molar-refractivity contribution in [2.75, 3.05) is 7.11 Å². The van der Waals surface area contributed by atoms with Gasteiger partial charge in [-0.15, -0.1) is 0 Å². The lowest BCUT2D eigenvalue weighted by atomic mass is 10.4. The van der Waals surface area contributed by atoms with E-state index >= 15 is 0 Å². The van der Waals surface area contributed by atoms with Crippen LogP contribution in [0.4, 0.5) is 0 Å². The number of rotatable bonds is 2. The number of methoxy groups -OCH3 is 1. The lowest BCUT2D eigenvalue weighted by Crippen LogP contribution is -2.29. The van der Waals surface area contributed by atoms with Crippen molar-refractivity contribution >= 4 is 5.91 Å². The maximum atomic E-state index is 10.5. The maximum Gasteiger partial charge on any atom is 0.217 e. The molecule has 0 aromatic heterocycles. The van der Waals surface area contributed by atoms with Crippen LogP contribution in [0.15, 0.2) is 0 Å². The van der Waals surface area contributed by atoms with E-state index < -0.39 is 0 Å². The van der Waals surface area contributed by atoms with Gasteiger partial charge in [0.1, 0.15) is 0 Å². The van der Waals surface area contributed by atoms with Gasteiger partial charge >= 0.3 is 0 Å². The van der Waals surface area contributed by atoms with Crippen molar-refractivity contribution in [3.8, 4) is 0 Å². The van der Waals surface area contributed by atoms with Gasteiger partial charge in [0.05, 0.1) is 11.6 Å². The molecule has 1 N–H and O–H groups in total. The first kappa shape index (κ1) is 7.54. The molecular formula is C7H13NO2. The molecule has 1 aliphatic rings. The van der Waals surface area contributed by atoms with Crippen LogP contribution in [0.3, 0.4) is 0 Å². The van der Waals surface area contributed by atoms with Crippen LogP contribution in [0.1, 0.15) is 20.3 Å². The Kier molecular flexibility index (Phi) is 1.68. The smallest absolute Gasteiger partial charge is 0.217 e. The highest BCUT2D eigenvalue weighted by atomic mass is 16.5. The highest BCUT2D eigenvalue weighted by molar-refractivity contribution is 5.73. The van der Waals surface area contributed by atoms with Crippen LogP contribution in [0.2, 0.25) is 0 Å². The molecule has 58 valence electrons. The largest absolute Gasteiger partial charge is 0.376 e. The number of hydrogen-bond donors (Lipinski definition) is 1. The van der Waals surface area contributed by atoms with Crippen molar-refractivity contribution < 1.29 is 9.53 Å². The topological polar surface area (TPSA) is 38.3 Å². The van der Waals surface area contributed by atoms with E-state index in [1.807, 2.05) is 6.92 Å². The Morgan fingerprint density at radius 1 is 1.80 bits per heavy atom. The molecule has 0 bridgehead atoms. The fraction of sp³-hybridized carbons (Fsp3) is 0.857. The van der Waals surface area contributed by atoms with Gasteiger partial charge in [-0.05, 0) is 6.92 Å². The second kappa shape index (κ2) is 2.23. The zero-order chi connectivity index (χ0) is 7.78. The van der Waals surface area contributed by atoms with E-state index in [1.165, 1.54) is 6.92 Å². The van der Waals surface area contributed by atoms with Crippen LogP contribution >= 0.6 is 0 Å². The summed E-state index contributed by atoms with van der Waals surface area (Å²) < 4.78 is 5.15. The molecule has 0 aromatic rings. The van der Waals surface area contributed by atoms with Crippen LogP contribution < -0.4 is 5.32 Å². The lowest BCUT2D eigenvalue weighted by molar-refractivity contribution is -0.119. The Balaban J connectivity index is 2.31. The molecule has 1 unspecified atom stereocenters. The average molecular weight is 143 g/mol. The van der Waals surface area contributed by atoms with Crippen LogP contribution in [0.25, 0.3) is 0 Å². The second-order valence-electron chi connectivity index (χ2n) is 2.97. The predicted octanol–water partition coefficient (Wildman–Crippen LogP) is 0.300. The number of carbonyl (C=O) groups excluding carboxylic acids is 1. The lowest BCUT2D eigenvalue weighted by Gasteiger charge is -2.07. The first-order chi connectivity index (χ1) is 4.58. The first-order valence-corrected chi connectivity index (χ1v) is 3.41. The molecule has 2 atom stereocenters. The van der Waals surface area contributed by atoms with E-state index in [-0.39, 0.29) is 17.6 Å². The Morgan fingerprint density at radius 2 is 2.40 bits per heavy atom. The average Bonchev–Trinajstić information content (AvgIpc) is 2.43. The van der Waals surface area contributed by atoms with Crippen molar-refractivity contribution in [1.29, 1.82) is 0 Å². The molecule has 1 rings (SSSR count). The maximum absolute atomic E-state index is 10.5. The molecule has 0 radical (unpaired) electrons. The number of amides is 1. The zero-order valence-electron chi connectivity index (χ0n) is 6.60. The third-order valence-corrected chi connectivity index (χ3v) is 2.03. The minimum Gasteiger partial charge on any atom is -0.376 e. The Bertz CT molecular complexity index is 158. The highest BCUT2D eigenvalue weighted by Crippen LogP contribution is 2.38. The van der Waals surface area contributed by atoms with Crippen molar-refractivity contribution in [2.45, 2.75) is 31.9 Å². The third kappa shape index (κ3) is 1.29. The molecule has 0 heterocycles. The molecule has 0 aromatic carbocycles. The fourth-order valence-electron chi connectivity index (χ4n) is 1.02. The SMILES string of the molecule is CO[C@]1(C)CC1NC(C)=O. The Morgan fingerprint density at radius 3 is 2.70 bits per heavy atom. The molecule has 3 heteroatoms. The molecule has 0 spiro atoms.